The van der Waals surface area contributed by atoms with Crippen LogP contribution in [-0.2, 0) is 10.0 Å². The fourth-order valence-electron chi connectivity index (χ4n) is 3.06. The van der Waals surface area contributed by atoms with Gasteiger partial charge in [-0.15, -0.1) is 0 Å². The van der Waals surface area contributed by atoms with E-state index in [-0.39, 0.29) is 12.1 Å². The molecule has 2 atom stereocenters. The lowest BCUT2D eigenvalue weighted by Gasteiger charge is -2.39. The minimum absolute atomic E-state index is 0.231. The average Bonchev–Trinajstić information content (AvgIpc) is 2.53. The zero-order chi connectivity index (χ0) is 13.2. The predicted octanol–water partition coefficient (Wildman–Crippen LogP) is 0.257. The Hall–Kier alpha value is -0.170. The van der Waals surface area contributed by atoms with Crippen LogP contribution in [-0.4, -0.2) is 67.3 Å². The Bertz CT molecular complexity index is 364. The summed E-state index contributed by atoms with van der Waals surface area (Å²) >= 11 is 0. The number of hydrogen-bond donors (Lipinski definition) is 1. The first kappa shape index (κ1) is 14.2. The first-order chi connectivity index (χ1) is 8.48. The largest absolute Gasteiger partial charge is 0.391 e. The lowest BCUT2D eigenvalue weighted by Crippen LogP contribution is -2.54. The summed E-state index contributed by atoms with van der Waals surface area (Å²) in [5.74, 6) is 0. The molecule has 1 aliphatic carbocycles. The maximum atomic E-state index is 11.4. The monoisotopic (exact) mass is 276 g/mol. The number of piperazine rings is 1. The molecule has 18 heavy (non-hydrogen) atoms. The molecule has 5 nitrogen and oxygen atoms in total. The van der Waals surface area contributed by atoms with Crippen LogP contribution in [0.1, 0.15) is 32.1 Å². The number of nitrogens with zero attached hydrogens (tertiary/aromatic N) is 2. The molecule has 1 N–H and O–H groups in total. The van der Waals surface area contributed by atoms with Crippen molar-refractivity contribution in [3.8, 4) is 0 Å². The van der Waals surface area contributed by atoms with E-state index < -0.39 is 10.0 Å². The van der Waals surface area contributed by atoms with Crippen LogP contribution in [0.15, 0.2) is 0 Å². The van der Waals surface area contributed by atoms with Gasteiger partial charge in [0.15, 0.2) is 0 Å². The van der Waals surface area contributed by atoms with Crippen LogP contribution >= 0.6 is 0 Å². The Balaban J connectivity index is 1.92. The third-order valence-electron chi connectivity index (χ3n) is 4.16. The van der Waals surface area contributed by atoms with E-state index in [1.54, 1.807) is 0 Å². The van der Waals surface area contributed by atoms with E-state index >= 15 is 0 Å². The fourth-order valence-corrected chi connectivity index (χ4v) is 3.89. The number of aliphatic hydroxyl groups is 1. The minimum Gasteiger partial charge on any atom is -0.391 e. The van der Waals surface area contributed by atoms with E-state index in [9.17, 15) is 13.5 Å². The van der Waals surface area contributed by atoms with E-state index in [0.717, 1.165) is 32.4 Å². The molecule has 1 heterocycles. The molecule has 0 radical (unpaired) electrons. The molecule has 6 heteroatoms. The molecule has 0 aromatic heterocycles. The van der Waals surface area contributed by atoms with Crippen LogP contribution in [0.5, 0.6) is 0 Å². The van der Waals surface area contributed by atoms with Gasteiger partial charge in [0.1, 0.15) is 0 Å². The average molecular weight is 276 g/mol. The molecule has 2 aliphatic rings. The van der Waals surface area contributed by atoms with E-state index in [4.69, 9.17) is 0 Å². The Morgan fingerprint density at radius 2 is 1.61 bits per heavy atom. The molecule has 1 saturated heterocycles. The van der Waals surface area contributed by atoms with Crippen molar-refractivity contribution in [3.63, 3.8) is 0 Å². The highest BCUT2D eigenvalue weighted by molar-refractivity contribution is 7.88. The maximum absolute atomic E-state index is 11.4. The Labute approximate surface area is 110 Å². The standard InChI is InChI=1S/C12H24N2O3S/c1-18(16,17)14-9-7-13(8-10-14)11-5-3-2-4-6-12(11)15/h11-12,15H,2-10H2,1H3. The molecular formula is C12H24N2O3S. The van der Waals surface area contributed by atoms with Gasteiger partial charge in [0.2, 0.25) is 10.0 Å². The van der Waals surface area contributed by atoms with Crippen LogP contribution in [0.2, 0.25) is 0 Å². The molecule has 1 aliphatic heterocycles. The second-order valence-electron chi connectivity index (χ2n) is 5.47. The molecule has 0 aromatic carbocycles. The molecule has 1 saturated carbocycles. The number of rotatable bonds is 2. The molecule has 2 fully saturated rings. The van der Waals surface area contributed by atoms with Crippen LogP contribution < -0.4 is 0 Å². The lowest BCUT2D eigenvalue weighted by molar-refractivity contribution is 0.0279. The Morgan fingerprint density at radius 3 is 2.22 bits per heavy atom. The van der Waals surface area contributed by atoms with E-state index in [2.05, 4.69) is 4.90 Å². The third-order valence-corrected chi connectivity index (χ3v) is 5.46. The molecular weight excluding hydrogens is 252 g/mol. The summed E-state index contributed by atoms with van der Waals surface area (Å²) in [5, 5.41) is 10.2. The highest BCUT2D eigenvalue weighted by atomic mass is 32.2. The number of hydrogen-bond acceptors (Lipinski definition) is 4. The van der Waals surface area contributed by atoms with Crippen molar-refractivity contribution in [1.82, 2.24) is 9.21 Å². The Morgan fingerprint density at radius 1 is 1.00 bits per heavy atom. The van der Waals surface area contributed by atoms with Crippen molar-refractivity contribution in [2.75, 3.05) is 32.4 Å². The Kier molecular flexibility index (Phi) is 4.64. The summed E-state index contributed by atoms with van der Waals surface area (Å²) in [6.07, 6.45) is 6.45. The fraction of sp³-hybridized carbons (Fsp3) is 1.00. The maximum Gasteiger partial charge on any atom is 0.211 e. The van der Waals surface area contributed by atoms with Crippen LogP contribution in [0.25, 0.3) is 0 Å². The van der Waals surface area contributed by atoms with Gasteiger partial charge in [-0.25, -0.2) is 8.42 Å². The lowest BCUT2D eigenvalue weighted by atomic mass is 10.0. The van der Waals surface area contributed by atoms with Crippen molar-refractivity contribution in [1.29, 1.82) is 0 Å². The van der Waals surface area contributed by atoms with Gasteiger partial charge < -0.3 is 5.11 Å². The van der Waals surface area contributed by atoms with Gasteiger partial charge in [-0.2, -0.15) is 4.31 Å². The summed E-state index contributed by atoms with van der Waals surface area (Å²) in [6, 6.07) is 0.231. The van der Waals surface area contributed by atoms with Crippen LogP contribution in [0, 0.1) is 0 Å². The second-order valence-corrected chi connectivity index (χ2v) is 7.45. The first-order valence-electron chi connectivity index (χ1n) is 6.86. The second kappa shape index (κ2) is 5.86. The molecule has 2 rings (SSSR count). The molecule has 0 aromatic rings. The third kappa shape index (κ3) is 3.44. The van der Waals surface area contributed by atoms with E-state index in [1.165, 1.54) is 23.4 Å². The van der Waals surface area contributed by atoms with Crippen LogP contribution in [0.3, 0.4) is 0 Å². The normalized spacial score (nSPS) is 33.2. The van der Waals surface area contributed by atoms with Gasteiger partial charge in [-0.3, -0.25) is 4.90 Å². The SMILES string of the molecule is CS(=O)(=O)N1CCN(C2CCCCCC2O)CC1. The van der Waals surface area contributed by atoms with Crippen molar-refractivity contribution >= 4 is 10.0 Å². The van der Waals surface area contributed by atoms with Crippen molar-refractivity contribution in [2.24, 2.45) is 0 Å². The van der Waals surface area contributed by atoms with E-state index in [1.807, 2.05) is 0 Å². The smallest absolute Gasteiger partial charge is 0.211 e. The van der Waals surface area contributed by atoms with Gasteiger partial charge in [-0.05, 0) is 12.8 Å². The van der Waals surface area contributed by atoms with Gasteiger partial charge in [-0.1, -0.05) is 19.3 Å². The van der Waals surface area contributed by atoms with E-state index in [0.29, 0.717) is 13.1 Å². The summed E-state index contributed by atoms with van der Waals surface area (Å²) in [4.78, 5) is 2.28. The van der Waals surface area contributed by atoms with Crippen LogP contribution in [0.4, 0.5) is 0 Å². The van der Waals surface area contributed by atoms with Gasteiger partial charge in [0, 0.05) is 32.2 Å². The zero-order valence-corrected chi connectivity index (χ0v) is 11.9. The minimum atomic E-state index is -3.06. The van der Waals surface area contributed by atoms with Gasteiger partial charge >= 0.3 is 0 Å². The molecule has 0 amide bonds. The summed E-state index contributed by atoms with van der Waals surface area (Å²) in [7, 11) is -3.06. The van der Waals surface area contributed by atoms with Gasteiger partial charge in [0.05, 0.1) is 12.4 Å². The topological polar surface area (TPSA) is 60.9 Å². The van der Waals surface area contributed by atoms with Crippen molar-refractivity contribution in [2.45, 2.75) is 44.2 Å². The highest BCUT2D eigenvalue weighted by Gasteiger charge is 2.31. The number of aliphatic hydroxyl groups excluding tert-OH is 1. The number of sulfonamides is 1. The van der Waals surface area contributed by atoms with Gasteiger partial charge in [0.25, 0.3) is 0 Å². The first-order valence-corrected chi connectivity index (χ1v) is 8.70. The highest BCUT2D eigenvalue weighted by Crippen LogP contribution is 2.23. The van der Waals surface area contributed by atoms with Crippen molar-refractivity contribution < 1.29 is 13.5 Å². The molecule has 2 unspecified atom stereocenters. The summed E-state index contributed by atoms with van der Waals surface area (Å²) < 4.78 is 24.4. The quantitative estimate of drug-likeness (QED) is 0.735. The zero-order valence-electron chi connectivity index (χ0n) is 11.1. The van der Waals surface area contributed by atoms with Crippen molar-refractivity contribution in [3.05, 3.63) is 0 Å². The molecule has 0 spiro atoms. The molecule has 0 bridgehead atoms. The summed E-state index contributed by atoms with van der Waals surface area (Å²) in [5.41, 5.74) is 0. The summed E-state index contributed by atoms with van der Waals surface area (Å²) in [6.45, 7) is 2.60. The predicted molar refractivity (Wildman–Crippen MR) is 70.9 cm³/mol. The molecule has 106 valence electrons.